The topological polar surface area (TPSA) is 59.8 Å². The molecule has 116 valence electrons. The molecule has 2 rings (SSSR count). The molecular formula is C15H17ClN4OS. The van der Waals surface area contributed by atoms with Crippen molar-refractivity contribution < 1.29 is 4.79 Å². The molecule has 0 bridgehead atoms. The van der Waals surface area contributed by atoms with Gasteiger partial charge < -0.3 is 9.88 Å². The van der Waals surface area contributed by atoms with Crippen LogP contribution in [0.4, 0.5) is 0 Å². The summed E-state index contributed by atoms with van der Waals surface area (Å²) >= 11 is 7.38. The number of thioether (sulfide) groups is 1. The Morgan fingerprint density at radius 1 is 1.50 bits per heavy atom. The molecule has 0 aliphatic carbocycles. The number of aromatic nitrogens is 3. The molecule has 0 aliphatic heterocycles. The Hall–Kier alpha value is -1.79. The zero-order chi connectivity index (χ0) is 15.9. The van der Waals surface area contributed by atoms with Crippen LogP contribution >= 0.6 is 23.4 Å². The first-order chi connectivity index (χ1) is 10.7. The van der Waals surface area contributed by atoms with Crippen molar-refractivity contribution in [3.8, 4) is 11.4 Å². The zero-order valence-corrected chi connectivity index (χ0v) is 13.8. The number of halogens is 1. The average molecular weight is 337 g/mol. The predicted molar refractivity (Wildman–Crippen MR) is 90.1 cm³/mol. The maximum Gasteiger partial charge on any atom is 0.230 e. The third kappa shape index (κ3) is 4.11. The highest BCUT2D eigenvalue weighted by molar-refractivity contribution is 7.99. The van der Waals surface area contributed by atoms with E-state index in [4.69, 9.17) is 11.6 Å². The van der Waals surface area contributed by atoms with E-state index < -0.39 is 0 Å². The fourth-order valence-electron chi connectivity index (χ4n) is 1.89. The van der Waals surface area contributed by atoms with Crippen molar-refractivity contribution >= 4 is 29.3 Å². The van der Waals surface area contributed by atoms with Crippen LogP contribution in [0, 0.1) is 0 Å². The highest BCUT2D eigenvalue weighted by atomic mass is 35.5. The fraction of sp³-hybridized carbons (Fsp3) is 0.267. The molecule has 1 aromatic carbocycles. The molecule has 0 fully saturated rings. The standard InChI is InChI=1S/C15H17ClN4OS/c1-3-8-17-13(21)10-22-15-19-18-14(20(15)4-2)11-6-5-7-12(16)9-11/h3,5-7,9H,1,4,8,10H2,2H3,(H,17,21). The monoisotopic (exact) mass is 336 g/mol. The number of benzene rings is 1. The minimum Gasteiger partial charge on any atom is -0.352 e. The lowest BCUT2D eigenvalue weighted by molar-refractivity contribution is -0.118. The van der Waals surface area contributed by atoms with Crippen LogP contribution in [-0.2, 0) is 11.3 Å². The van der Waals surface area contributed by atoms with Crippen LogP contribution in [0.3, 0.4) is 0 Å². The van der Waals surface area contributed by atoms with Gasteiger partial charge in [-0.25, -0.2) is 0 Å². The van der Waals surface area contributed by atoms with Crippen LogP contribution in [-0.4, -0.2) is 33.0 Å². The minimum atomic E-state index is -0.0557. The van der Waals surface area contributed by atoms with E-state index >= 15 is 0 Å². The predicted octanol–water partition coefficient (Wildman–Crippen LogP) is 3.01. The highest BCUT2D eigenvalue weighted by Crippen LogP contribution is 2.25. The second kappa shape index (κ2) is 8.00. The van der Waals surface area contributed by atoms with Gasteiger partial charge >= 0.3 is 0 Å². The maximum atomic E-state index is 11.6. The Kier molecular flexibility index (Phi) is 6.03. The SMILES string of the molecule is C=CCNC(=O)CSc1nnc(-c2cccc(Cl)c2)n1CC. The number of carbonyl (C=O) groups is 1. The van der Waals surface area contributed by atoms with Crippen LogP contribution in [0.2, 0.25) is 5.02 Å². The number of amides is 1. The summed E-state index contributed by atoms with van der Waals surface area (Å²) in [6.07, 6.45) is 1.65. The smallest absolute Gasteiger partial charge is 0.230 e. The number of nitrogens with one attached hydrogen (secondary N) is 1. The molecule has 22 heavy (non-hydrogen) atoms. The summed E-state index contributed by atoms with van der Waals surface area (Å²) in [7, 11) is 0. The Morgan fingerprint density at radius 3 is 3.00 bits per heavy atom. The first kappa shape index (κ1) is 16.6. The van der Waals surface area contributed by atoms with E-state index in [-0.39, 0.29) is 5.91 Å². The van der Waals surface area contributed by atoms with Crippen LogP contribution < -0.4 is 5.32 Å². The molecule has 0 unspecified atom stereocenters. The summed E-state index contributed by atoms with van der Waals surface area (Å²) in [5, 5.41) is 12.5. The van der Waals surface area contributed by atoms with Crippen molar-refractivity contribution in [3.05, 3.63) is 41.9 Å². The van der Waals surface area contributed by atoms with E-state index in [2.05, 4.69) is 22.1 Å². The summed E-state index contributed by atoms with van der Waals surface area (Å²) in [6.45, 7) is 6.76. The lowest BCUT2D eigenvalue weighted by Gasteiger charge is -2.07. The second-order valence-electron chi connectivity index (χ2n) is 4.44. The third-order valence-electron chi connectivity index (χ3n) is 2.89. The number of hydrogen-bond acceptors (Lipinski definition) is 4. The molecule has 2 aromatic rings. The van der Waals surface area contributed by atoms with E-state index in [0.717, 1.165) is 11.4 Å². The van der Waals surface area contributed by atoms with Gasteiger partial charge in [0.05, 0.1) is 5.75 Å². The van der Waals surface area contributed by atoms with Gasteiger partial charge in [-0.15, -0.1) is 16.8 Å². The van der Waals surface area contributed by atoms with Crippen LogP contribution in [0.15, 0.2) is 42.1 Å². The molecule has 5 nitrogen and oxygen atoms in total. The minimum absolute atomic E-state index is 0.0557. The van der Waals surface area contributed by atoms with Crippen LogP contribution in [0.1, 0.15) is 6.92 Å². The van der Waals surface area contributed by atoms with E-state index in [1.54, 1.807) is 6.08 Å². The molecule has 7 heteroatoms. The molecule has 0 saturated heterocycles. The number of nitrogens with zero attached hydrogens (tertiary/aromatic N) is 3. The maximum absolute atomic E-state index is 11.6. The second-order valence-corrected chi connectivity index (χ2v) is 5.82. The molecule has 1 aromatic heterocycles. The van der Waals surface area contributed by atoms with Gasteiger partial charge in [0.25, 0.3) is 0 Å². The van der Waals surface area contributed by atoms with E-state index in [0.29, 0.717) is 29.0 Å². The number of carbonyl (C=O) groups excluding carboxylic acids is 1. The largest absolute Gasteiger partial charge is 0.352 e. The lowest BCUT2D eigenvalue weighted by atomic mass is 10.2. The molecular weight excluding hydrogens is 320 g/mol. The first-order valence-electron chi connectivity index (χ1n) is 6.85. The summed E-state index contributed by atoms with van der Waals surface area (Å²) in [6, 6.07) is 7.48. The van der Waals surface area contributed by atoms with Crippen LogP contribution in [0.5, 0.6) is 0 Å². The van der Waals surface area contributed by atoms with Crippen molar-refractivity contribution in [1.29, 1.82) is 0 Å². The van der Waals surface area contributed by atoms with Gasteiger partial charge in [-0.2, -0.15) is 0 Å². The first-order valence-corrected chi connectivity index (χ1v) is 8.21. The molecule has 1 heterocycles. The summed E-state index contributed by atoms with van der Waals surface area (Å²) in [5.41, 5.74) is 0.907. The van der Waals surface area contributed by atoms with Crippen molar-refractivity contribution in [2.24, 2.45) is 0 Å². The summed E-state index contributed by atoms with van der Waals surface area (Å²) in [4.78, 5) is 11.6. The summed E-state index contributed by atoms with van der Waals surface area (Å²) < 4.78 is 1.97. The van der Waals surface area contributed by atoms with Gasteiger partial charge in [-0.05, 0) is 19.1 Å². The Morgan fingerprint density at radius 2 is 2.32 bits per heavy atom. The molecule has 1 N–H and O–H groups in total. The van der Waals surface area contributed by atoms with Gasteiger partial charge in [0.15, 0.2) is 11.0 Å². The summed E-state index contributed by atoms with van der Waals surface area (Å²) in [5.74, 6) is 0.987. The molecule has 0 spiro atoms. The fourth-order valence-corrected chi connectivity index (χ4v) is 2.91. The highest BCUT2D eigenvalue weighted by Gasteiger charge is 2.14. The van der Waals surface area contributed by atoms with Gasteiger partial charge in [-0.1, -0.05) is 41.6 Å². The average Bonchev–Trinajstić information content (AvgIpc) is 2.93. The van der Waals surface area contributed by atoms with Crippen LogP contribution in [0.25, 0.3) is 11.4 Å². The number of hydrogen-bond donors (Lipinski definition) is 1. The third-order valence-corrected chi connectivity index (χ3v) is 4.09. The van der Waals surface area contributed by atoms with Gasteiger partial charge in [0.2, 0.25) is 5.91 Å². The molecule has 0 aliphatic rings. The van der Waals surface area contributed by atoms with E-state index in [9.17, 15) is 4.79 Å². The molecule has 0 radical (unpaired) electrons. The van der Waals surface area contributed by atoms with Crippen molar-refractivity contribution in [3.63, 3.8) is 0 Å². The zero-order valence-electron chi connectivity index (χ0n) is 12.3. The van der Waals surface area contributed by atoms with E-state index in [1.807, 2.05) is 35.8 Å². The Balaban J connectivity index is 2.14. The van der Waals surface area contributed by atoms with E-state index in [1.165, 1.54) is 11.8 Å². The van der Waals surface area contributed by atoms with Gasteiger partial charge in [0.1, 0.15) is 0 Å². The van der Waals surface area contributed by atoms with Crippen molar-refractivity contribution in [1.82, 2.24) is 20.1 Å². The lowest BCUT2D eigenvalue weighted by Crippen LogP contribution is -2.25. The van der Waals surface area contributed by atoms with Gasteiger partial charge in [0, 0.05) is 23.7 Å². The molecule has 0 atom stereocenters. The number of rotatable bonds is 7. The Bertz CT molecular complexity index is 671. The molecule has 0 saturated carbocycles. The quantitative estimate of drug-likeness (QED) is 0.623. The van der Waals surface area contributed by atoms with Crippen molar-refractivity contribution in [2.45, 2.75) is 18.6 Å². The normalized spacial score (nSPS) is 10.5. The van der Waals surface area contributed by atoms with Crippen molar-refractivity contribution in [2.75, 3.05) is 12.3 Å². The molecule has 1 amide bonds. The van der Waals surface area contributed by atoms with Gasteiger partial charge in [-0.3, -0.25) is 4.79 Å². The Labute approximate surface area is 138 Å².